The van der Waals surface area contributed by atoms with Crippen molar-refractivity contribution in [3.63, 3.8) is 0 Å². The van der Waals surface area contributed by atoms with Crippen molar-refractivity contribution in [3.05, 3.63) is 89.6 Å². The number of carbonyl (C=O) groups excluding carboxylic acids is 1. The van der Waals surface area contributed by atoms with E-state index in [9.17, 15) is 4.79 Å². The van der Waals surface area contributed by atoms with Gasteiger partial charge < -0.3 is 4.42 Å². The number of carbonyl (C=O) groups is 1. The lowest BCUT2D eigenvalue weighted by Crippen LogP contribution is -2.28. The van der Waals surface area contributed by atoms with Crippen LogP contribution < -0.4 is 11.3 Å². The van der Waals surface area contributed by atoms with Crippen molar-refractivity contribution in [2.24, 2.45) is 5.84 Å². The Morgan fingerprint density at radius 2 is 1.51 bits per heavy atom. The number of hydrogen-bond donors (Lipinski definition) is 2. The largest absolute Gasteiger partial charge is 0.424 e. The van der Waals surface area contributed by atoms with Gasteiger partial charge in [0, 0.05) is 45.7 Å². The first-order valence-electron chi connectivity index (χ1n) is 10.5. The molecule has 3 aromatic heterocycles. The highest BCUT2D eigenvalue weighted by molar-refractivity contribution is 6.31. The molecule has 0 aliphatic rings. The van der Waals surface area contributed by atoms with Crippen molar-refractivity contribution in [2.45, 2.75) is 0 Å². The maximum atomic E-state index is 10.9. The summed E-state index contributed by atoms with van der Waals surface area (Å²) < 4.78 is 7.94. The highest BCUT2D eigenvalue weighted by Gasteiger charge is 2.04. The van der Waals surface area contributed by atoms with E-state index >= 15 is 0 Å². The average Bonchev–Trinajstić information content (AvgIpc) is 3.69. The van der Waals surface area contributed by atoms with Crippen LogP contribution in [0, 0.1) is 0 Å². The van der Waals surface area contributed by atoms with Gasteiger partial charge in [-0.05, 0) is 24.3 Å². The van der Waals surface area contributed by atoms with E-state index in [4.69, 9.17) is 33.5 Å². The number of amides is 1. The number of nitrogens with zero attached hydrogens (tertiary/aromatic N) is 8. The third kappa shape index (κ3) is 7.41. The van der Waals surface area contributed by atoms with E-state index in [1.807, 2.05) is 35.8 Å². The van der Waals surface area contributed by atoms with Crippen LogP contribution in [0.5, 0.6) is 0 Å². The molecule has 1 amide bonds. The van der Waals surface area contributed by atoms with Crippen molar-refractivity contribution in [1.82, 2.24) is 45.2 Å². The Morgan fingerprint density at radius 1 is 0.919 bits per heavy atom. The summed E-state index contributed by atoms with van der Waals surface area (Å²) in [7, 11) is 0. The Morgan fingerprint density at radius 3 is 2.03 bits per heavy atom. The minimum atomic E-state index is -0.421. The van der Waals surface area contributed by atoms with Gasteiger partial charge in [0.25, 0.3) is 5.91 Å². The average molecular weight is 537 g/mol. The van der Waals surface area contributed by atoms with Gasteiger partial charge in [-0.15, -0.1) is 20.4 Å². The summed E-state index contributed by atoms with van der Waals surface area (Å²) in [6.45, 7) is 0. The summed E-state index contributed by atoms with van der Waals surface area (Å²) in [5, 5.41) is 17.0. The lowest BCUT2D eigenvalue weighted by atomic mass is 10.2. The molecule has 0 bridgehead atoms. The third-order valence-corrected chi connectivity index (χ3v) is 4.92. The van der Waals surface area contributed by atoms with Gasteiger partial charge in [-0.1, -0.05) is 47.5 Å². The molecule has 0 saturated carbocycles. The highest BCUT2D eigenvalue weighted by Crippen LogP contribution is 2.20. The molecule has 5 rings (SSSR count). The number of halogens is 2. The molecule has 3 heterocycles. The van der Waals surface area contributed by atoms with Gasteiger partial charge in [0.1, 0.15) is 12.7 Å². The summed E-state index contributed by atoms with van der Waals surface area (Å²) in [6, 6.07) is 14.6. The van der Waals surface area contributed by atoms with Crippen LogP contribution in [-0.4, -0.2) is 45.6 Å². The molecule has 0 saturated heterocycles. The molecule has 12 nitrogen and oxygen atoms in total. The molecule has 37 heavy (non-hydrogen) atoms. The minimum Gasteiger partial charge on any atom is -0.424 e. The van der Waals surface area contributed by atoms with Gasteiger partial charge in [-0.25, -0.2) is 25.2 Å². The minimum absolute atomic E-state index is 0.403. The standard InChI is InChI=1S/C12H8ClN5O.C11H10ClN5O/c13-10-3-1-2-9(6-10)12-14-7-18(17-12)5-4-11-16-15-8-19-11;12-9-3-1-2-8(6-9)11-14-7-17(16-11)5-4-10(18)15-13/h1-8H;1-7H,13H2,(H,15,18)/b2*5-4-. The first-order valence-corrected chi connectivity index (χ1v) is 11.2. The van der Waals surface area contributed by atoms with E-state index in [2.05, 4.69) is 30.4 Å². The summed E-state index contributed by atoms with van der Waals surface area (Å²) >= 11 is 11.8. The van der Waals surface area contributed by atoms with Gasteiger partial charge >= 0.3 is 0 Å². The fourth-order valence-electron chi connectivity index (χ4n) is 2.80. The molecule has 0 aliphatic carbocycles. The van der Waals surface area contributed by atoms with Crippen LogP contribution in [0.1, 0.15) is 5.89 Å². The van der Waals surface area contributed by atoms with E-state index in [0.29, 0.717) is 27.6 Å². The van der Waals surface area contributed by atoms with Crippen molar-refractivity contribution in [2.75, 3.05) is 0 Å². The van der Waals surface area contributed by atoms with E-state index in [0.717, 1.165) is 11.1 Å². The molecular formula is C23H18Cl2N10O2. The van der Waals surface area contributed by atoms with E-state index in [1.165, 1.54) is 29.7 Å². The van der Waals surface area contributed by atoms with E-state index < -0.39 is 5.91 Å². The second-order valence-electron chi connectivity index (χ2n) is 7.03. The normalized spacial score (nSPS) is 11.0. The Balaban J connectivity index is 0.000000173. The maximum Gasteiger partial charge on any atom is 0.259 e. The van der Waals surface area contributed by atoms with Gasteiger partial charge in [-0.2, -0.15) is 0 Å². The van der Waals surface area contributed by atoms with Crippen molar-refractivity contribution >= 4 is 47.6 Å². The molecule has 5 aromatic rings. The van der Waals surface area contributed by atoms with Crippen LogP contribution in [0.25, 0.3) is 41.3 Å². The second-order valence-corrected chi connectivity index (χ2v) is 7.91. The van der Waals surface area contributed by atoms with Crippen LogP contribution in [0.15, 0.2) is 78.1 Å². The Labute approximate surface area is 220 Å². The highest BCUT2D eigenvalue weighted by atomic mass is 35.5. The molecule has 3 N–H and O–H groups in total. The molecule has 0 fully saturated rings. The first-order chi connectivity index (χ1) is 18.0. The van der Waals surface area contributed by atoms with E-state index in [-0.39, 0.29) is 0 Å². The van der Waals surface area contributed by atoms with E-state index in [1.54, 1.807) is 41.5 Å². The number of hydrazine groups is 1. The molecule has 14 heteroatoms. The predicted molar refractivity (Wildman–Crippen MR) is 138 cm³/mol. The fourth-order valence-corrected chi connectivity index (χ4v) is 3.18. The number of benzene rings is 2. The number of hydrogen-bond acceptors (Lipinski definition) is 9. The number of nitrogens with two attached hydrogens (primary N) is 1. The van der Waals surface area contributed by atoms with Gasteiger partial charge in [-0.3, -0.25) is 10.2 Å². The fraction of sp³-hybridized carbons (Fsp3) is 0. The maximum absolute atomic E-state index is 10.9. The molecule has 0 atom stereocenters. The molecule has 0 spiro atoms. The number of rotatable bonds is 6. The van der Waals surface area contributed by atoms with Gasteiger partial charge in [0.15, 0.2) is 11.6 Å². The van der Waals surface area contributed by atoms with Gasteiger partial charge in [0.05, 0.1) is 0 Å². The Bertz CT molecular complexity index is 1530. The Hall–Kier alpha value is -4.65. The van der Waals surface area contributed by atoms with Gasteiger partial charge in [0.2, 0.25) is 12.3 Å². The summed E-state index contributed by atoms with van der Waals surface area (Å²) in [4.78, 5) is 19.2. The predicted octanol–water partition coefficient (Wildman–Crippen LogP) is 3.67. The zero-order chi connectivity index (χ0) is 26.0. The van der Waals surface area contributed by atoms with Crippen molar-refractivity contribution in [1.29, 1.82) is 0 Å². The molecule has 0 aliphatic heterocycles. The van der Waals surface area contributed by atoms with Crippen LogP contribution in [0.4, 0.5) is 0 Å². The Kier molecular flexibility index (Phi) is 8.49. The molecule has 186 valence electrons. The quantitative estimate of drug-likeness (QED) is 0.143. The molecule has 0 radical (unpaired) electrons. The summed E-state index contributed by atoms with van der Waals surface area (Å²) in [5.41, 5.74) is 3.64. The lowest BCUT2D eigenvalue weighted by molar-refractivity contribution is -0.116. The van der Waals surface area contributed by atoms with Crippen molar-refractivity contribution < 1.29 is 9.21 Å². The first kappa shape index (κ1) is 25.4. The van der Waals surface area contributed by atoms with Crippen LogP contribution >= 0.6 is 23.2 Å². The number of aromatic nitrogens is 8. The topological polar surface area (TPSA) is 155 Å². The molecule has 2 aromatic carbocycles. The van der Waals surface area contributed by atoms with Crippen LogP contribution in [0.2, 0.25) is 10.0 Å². The third-order valence-electron chi connectivity index (χ3n) is 4.45. The van der Waals surface area contributed by atoms with Crippen LogP contribution in [-0.2, 0) is 4.79 Å². The molecular weight excluding hydrogens is 519 g/mol. The smallest absolute Gasteiger partial charge is 0.259 e. The zero-order valence-corrected chi connectivity index (χ0v) is 20.4. The SMILES string of the molecule is Clc1cccc(-c2ncn(/C=C\c3nnco3)n2)c1.NNC(=O)/C=C\n1cnc(-c2cccc(Cl)c2)n1. The zero-order valence-electron chi connectivity index (χ0n) is 18.9. The second kappa shape index (κ2) is 12.4. The summed E-state index contributed by atoms with van der Waals surface area (Å²) in [6.07, 6.45) is 10.3. The van der Waals surface area contributed by atoms with Crippen molar-refractivity contribution in [3.8, 4) is 22.8 Å². The monoisotopic (exact) mass is 536 g/mol. The summed E-state index contributed by atoms with van der Waals surface area (Å²) in [5.74, 6) is 6.04. The van der Waals surface area contributed by atoms with Crippen LogP contribution in [0.3, 0.4) is 0 Å². The number of nitrogens with one attached hydrogen (secondary N) is 1. The molecule has 0 unspecified atom stereocenters. The lowest BCUT2D eigenvalue weighted by Gasteiger charge is -1.95.